The van der Waals surface area contributed by atoms with Crippen molar-refractivity contribution < 1.29 is 17.9 Å². The Kier molecular flexibility index (Phi) is 6.94. The van der Waals surface area contributed by atoms with Crippen LogP contribution in [0, 0.1) is 0 Å². The van der Waals surface area contributed by atoms with E-state index >= 15 is 0 Å². The van der Waals surface area contributed by atoms with Crippen molar-refractivity contribution in [2.75, 3.05) is 26.8 Å². The molecule has 0 aromatic heterocycles. The van der Waals surface area contributed by atoms with Gasteiger partial charge in [-0.3, -0.25) is 4.79 Å². The molecule has 0 saturated carbocycles. The summed E-state index contributed by atoms with van der Waals surface area (Å²) in [6, 6.07) is 6.12. The summed E-state index contributed by atoms with van der Waals surface area (Å²) in [5.41, 5.74) is 0. The lowest BCUT2D eigenvalue weighted by molar-refractivity contribution is -0.121. The van der Waals surface area contributed by atoms with Crippen molar-refractivity contribution in [2.45, 2.75) is 11.3 Å². The molecule has 1 amide bonds. The summed E-state index contributed by atoms with van der Waals surface area (Å²) in [5.74, 6) is -0.246. The zero-order valence-electron chi connectivity index (χ0n) is 11.1. The largest absolute Gasteiger partial charge is 0.383 e. The van der Waals surface area contributed by atoms with E-state index in [9.17, 15) is 13.2 Å². The van der Waals surface area contributed by atoms with Crippen LogP contribution in [0.1, 0.15) is 6.42 Å². The number of nitrogens with one attached hydrogen (secondary N) is 2. The number of ether oxygens (including phenoxy) is 1. The summed E-state index contributed by atoms with van der Waals surface area (Å²) >= 11 is 5.82. The van der Waals surface area contributed by atoms with Crippen LogP contribution in [0.5, 0.6) is 0 Å². The standard InChI is InChI=1S/C12H17ClN2O4S/c1-19-9-8-14-12(16)6-7-15-20(17,18)11-5-3-2-4-10(11)13/h2-5,15H,6-9H2,1H3,(H,14,16). The number of benzene rings is 1. The van der Waals surface area contributed by atoms with E-state index in [-0.39, 0.29) is 28.8 Å². The van der Waals surface area contributed by atoms with Crippen molar-refractivity contribution in [1.29, 1.82) is 0 Å². The molecule has 0 aliphatic rings. The topological polar surface area (TPSA) is 84.5 Å². The van der Waals surface area contributed by atoms with E-state index in [1.54, 1.807) is 12.1 Å². The predicted octanol–water partition coefficient (Wildman–Crippen LogP) is 0.771. The molecule has 0 saturated heterocycles. The Morgan fingerprint density at radius 2 is 2.00 bits per heavy atom. The van der Waals surface area contributed by atoms with Crippen LogP contribution in [0.3, 0.4) is 0 Å². The molecular weight excluding hydrogens is 304 g/mol. The van der Waals surface area contributed by atoms with Crippen molar-refractivity contribution in [2.24, 2.45) is 0 Å². The van der Waals surface area contributed by atoms with Crippen LogP contribution in [0.15, 0.2) is 29.2 Å². The molecule has 1 aromatic rings. The lowest BCUT2D eigenvalue weighted by Gasteiger charge is -2.08. The summed E-state index contributed by atoms with van der Waals surface area (Å²) in [6.45, 7) is 0.816. The highest BCUT2D eigenvalue weighted by atomic mass is 35.5. The number of amides is 1. The van der Waals surface area contributed by atoms with Gasteiger partial charge in [-0.05, 0) is 12.1 Å². The quantitative estimate of drug-likeness (QED) is 0.693. The van der Waals surface area contributed by atoms with E-state index in [1.807, 2.05) is 0 Å². The highest BCUT2D eigenvalue weighted by Crippen LogP contribution is 2.19. The second-order valence-corrected chi connectivity index (χ2v) is 6.06. The van der Waals surface area contributed by atoms with Crippen LogP contribution < -0.4 is 10.0 Å². The Morgan fingerprint density at radius 1 is 1.30 bits per heavy atom. The van der Waals surface area contributed by atoms with Gasteiger partial charge >= 0.3 is 0 Å². The normalized spacial score (nSPS) is 11.3. The lowest BCUT2D eigenvalue weighted by Crippen LogP contribution is -2.32. The minimum atomic E-state index is -3.70. The average molecular weight is 321 g/mol. The van der Waals surface area contributed by atoms with E-state index in [4.69, 9.17) is 16.3 Å². The Balaban J connectivity index is 2.45. The SMILES string of the molecule is COCCNC(=O)CCNS(=O)(=O)c1ccccc1Cl. The molecule has 2 N–H and O–H groups in total. The van der Waals surface area contributed by atoms with Gasteiger partial charge in [0.1, 0.15) is 4.90 Å². The number of halogens is 1. The first-order valence-corrected chi connectivity index (χ1v) is 7.83. The lowest BCUT2D eigenvalue weighted by atomic mass is 10.4. The Bertz CT molecular complexity index is 548. The van der Waals surface area contributed by atoms with Gasteiger partial charge in [0.2, 0.25) is 15.9 Å². The number of methoxy groups -OCH3 is 1. The fourth-order valence-electron chi connectivity index (χ4n) is 1.42. The third-order valence-electron chi connectivity index (χ3n) is 2.40. The summed E-state index contributed by atoms with van der Waals surface area (Å²) in [4.78, 5) is 11.4. The van der Waals surface area contributed by atoms with Crippen LogP contribution in [-0.2, 0) is 19.6 Å². The molecule has 0 radical (unpaired) electrons. The fraction of sp³-hybridized carbons (Fsp3) is 0.417. The third-order valence-corrected chi connectivity index (χ3v) is 4.36. The summed E-state index contributed by atoms with van der Waals surface area (Å²) in [7, 11) is -2.17. The maximum absolute atomic E-state index is 11.9. The molecule has 1 aromatic carbocycles. The molecule has 0 atom stereocenters. The average Bonchev–Trinajstić information content (AvgIpc) is 2.39. The zero-order valence-corrected chi connectivity index (χ0v) is 12.6. The van der Waals surface area contributed by atoms with Crippen LogP contribution in [0.4, 0.5) is 0 Å². The van der Waals surface area contributed by atoms with Crippen LogP contribution in [0.25, 0.3) is 0 Å². The molecular formula is C12H17ClN2O4S. The summed E-state index contributed by atoms with van der Waals surface area (Å²) in [5, 5.41) is 2.74. The molecule has 20 heavy (non-hydrogen) atoms. The van der Waals surface area contributed by atoms with Crippen molar-refractivity contribution in [3.05, 3.63) is 29.3 Å². The minimum Gasteiger partial charge on any atom is -0.383 e. The first kappa shape index (κ1) is 16.9. The van der Waals surface area contributed by atoms with Gasteiger partial charge in [0.25, 0.3) is 0 Å². The number of carbonyl (C=O) groups excluding carboxylic acids is 1. The Hall–Kier alpha value is -1.15. The third kappa shape index (κ3) is 5.46. The molecule has 112 valence electrons. The highest BCUT2D eigenvalue weighted by molar-refractivity contribution is 7.89. The Labute approximate surface area is 123 Å². The van der Waals surface area contributed by atoms with Crippen molar-refractivity contribution >= 4 is 27.5 Å². The minimum absolute atomic E-state index is 0.00135. The van der Waals surface area contributed by atoms with Gasteiger partial charge in [-0.2, -0.15) is 0 Å². The highest BCUT2D eigenvalue weighted by Gasteiger charge is 2.16. The Morgan fingerprint density at radius 3 is 2.65 bits per heavy atom. The molecule has 0 heterocycles. The molecule has 0 spiro atoms. The van der Waals surface area contributed by atoms with Gasteiger partial charge in [0, 0.05) is 26.6 Å². The molecule has 0 aliphatic carbocycles. The molecule has 0 unspecified atom stereocenters. The van der Waals surface area contributed by atoms with Crippen molar-refractivity contribution in [1.82, 2.24) is 10.0 Å². The van der Waals surface area contributed by atoms with E-state index in [0.717, 1.165) is 0 Å². The molecule has 0 fully saturated rings. The summed E-state index contributed by atoms with van der Waals surface area (Å²) < 4.78 is 31.0. The second-order valence-electron chi connectivity index (χ2n) is 3.92. The molecule has 1 rings (SSSR count). The van der Waals surface area contributed by atoms with E-state index in [0.29, 0.717) is 13.2 Å². The second kappa shape index (κ2) is 8.21. The van der Waals surface area contributed by atoms with Gasteiger partial charge in [-0.1, -0.05) is 23.7 Å². The van der Waals surface area contributed by atoms with Crippen molar-refractivity contribution in [3.8, 4) is 0 Å². The van der Waals surface area contributed by atoms with Crippen LogP contribution in [-0.4, -0.2) is 41.1 Å². The van der Waals surface area contributed by atoms with Crippen LogP contribution in [0.2, 0.25) is 5.02 Å². The van der Waals surface area contributed by atoms with Gasteiger partial charge < -0.3 is 10.1 Å². The monoisotopic (exact) mass is 320 g/mol. The van der Waals surface area contributed by atoms with Gasteiger partial charge in [0.15, 0.2) is 0 Å². The van der Waals surface area contributed by atoms with Gasteiger partial charge in [-0.15, -0.1) is 0 Å². The molecule has 0 bridgehead atoms. The maximum Gasteiger partial charge on any atom is 0.242 e. The number of sulfonamides is 1. The predicted molar refractivity (Wildman–Crippen MR) is 76.1 cm³/mol. The number of carbonyl (C=O) groups is 1. The molecule has 8 heteroatoms. The van der Waals surface area contributed by atoms with E-state index in [1.165, 1.54) is 19.2 Å². The smallest absolute Gasteiger partial charge is 0.242 e. The van der Waals surface area contributed by atoms with E-state index < -0.39 is 10.0 Å². The number of hydrogen-bond donors (Lipinski definition) is 2. The zero-order chi connectivity index (χ0) is 15.0. The number of hydrogen-bond acceptors (Lipinski definition) is 4. The first-order chi connectivity index (χ1) is 9.47. The maximum atomic E-state index is 11.9. The molecule has 0 aliphatic heterocycles. The first-order valence-electron chi connectivity index (χ1n) is 5.97. The van der Waals surface area contributed by atoms with Gasteiger partial charge in [-0.25, -0.2) is 13.1 Å². The van der Waals surface area contributed by atoms with Gasteiger partial charge in [0.05, 0.1) is 11.6 Å². The number of rotatable bonds is 8. The van der Waals surface area contributed by atoms with Crippen molar-refractivity contribution in [3.63, 3.8) is 0 Å². The summed E-state index contributed by atoms with van der Waals surface area (Å²) in [6.07, 6.45) is 0.0490. The fourth-order valence-corrected chi connectivity index (χ4v) is 2.97. The molecule has 6 nitrogen and oxygen atoms in total. The van der Waals surface area contributed by atoms with Crippen LogP contribution >= 0.6 is 11.6 Å². The van der Waals surface area contributed by atoms with E-state index in [2.05, 4.69) is 10.0 Å².